The van der Waals surface area contributed by atoms with Crippen LogP contribution in [0.1, 0.15) is 37.0 Å². The van der Waals surface area contributed by atoms with Crippen molar-refractivity contribution in [1.29, 1.82) is 0 Å². The van der Waals surface area contributed by atoms with Crippen LogP contribution < -0.4 is 10.1 Å². The number of nitrogens with one attached hydrogen (secondary N) is 1. The summed E-state index contributed by atoms with van der Waals surface area (Å²) in [5.41, 5.74) is 0.158. The van der Waals surface area contributed by atoms with Crippen LogP contribution in [0.15, 0.2) is 12.1 Å². The van der Waals surface area contributed by atoms with Crippen molar-refractivity contribution in [1.82, 2.24) is 5.32 Å². The number of carbonyl (C=O) groups is 2. The maximum atomic E-state index is 11.9. The van der Waals surface area contributed by atoms with Gasteiger partial charge in [0.05, 0.1) is 22.7 Å². The normalized spacial score (nSPS) is 10.5. The van der Waals surface area contributed by atoms with Gasteiger partial charge < -0.3 is 14.8 Å². The van der Waals surface area contributed by atoms with E-state index in [1.165, 1.54) is 19.2 Å². The van der Waals surface area contributed by atoms with Crippen LogP contribution in [0.25, 0.3) is 0 Å². The first kappa shape index (κ1) is 18.6. The van der Waals surface area contributed by atoms with Gasteiger partial charge in [0.25, 0.3) is 5.91 Å². The molecule has 0 saturated heterocycles. The third-order valence-corrected chi connectivity index (χ3v) is 3.68. The molecule has 0 saturated carbocycles. The van der Waals surface area contributed by atoms with Crippen molar-refractivity contribution >= 4 is 35.1 Å². The van der Waals surface area contributed by atoms with Crippen LogP contribution in [0.4, 0.5) is 0 Å². The Morgan fingerprint density at radius 3 is 2.18 bits per heavy atom. The Morgan fingerprint density at radius 2 is 1.73 bits per heavy atom. The molecule has 122 valence electrons. The molecule has 1 rings (SSSR count). The minimum absolute atomic E-state index is 0.0797. The number of esters is 1. The molecule has 0 atom stereocenters. The van der Waals surface area contributed by atoms with Crippen molar-refractivity contribution in [2.45, 2.75) is 32.7 Å². The molecule has 0 aliphatic rings. The molecule has 22 heavy (non-hydrogen) atoms. The van der Waals surface area contributed by atoms with Crippen LogP contribution in [0, 0.1) is 0 Å². The summed E-state index contributed by atoms with van der Waals surface area (Å²) in [6, 6.07) is 2.84. The maximum absolute atomic E-state index is 11.9. The van der Waals surface area contributed by atoms with Gasteiger partial charge in [-0.05, 0) is 25.0 Å². The molecule has 0 aliphatic heterocycles. The lowest BCUT2D eigenvalue weighted by atomic mass is 10.2. The van der Waals surface area contributed by atoms with E-state index in [2.05, 4.69) is 5.32 Å². The van der Waals surface area contributed by atoms with Gasteiger partial charge in [-0.3, -0.25) is 4.79 Å². The lowest BCUT2D eigenvalue weighted by Crippen LogP contribution is -2.36. The lowest BCUT2D eigenvalue weighted by Gasteiger charge is -2.14. The molecule has 1 aromatic rings. The van der Waals surface area contributed by atoms with Gasteiger partial charge in [-0.15, -0.1) is 0 Å². The minimum atomic E-state index is -0.675. The highest BCUT2D eigenvalue weighted by atomic mass is 35.5. The van der Waals surface area contributed by atoms with E-state index in [9.17, 15) is 9.59 Å². The summed E-state index contributed by atoms with van der Waals surface area (Å²) < 4.78 is 9.95. The van der Waals surface area contributed by atoms with Crippen LogP contribution >= 0.6 is 23.2 Å². The van der Waals surface area contributed by atoms with Gasteiger partial charge in [-0.1, -0.05) is 37.0 Å². The molecule has 0 aliphatic carbocycles. The summed E-state index contributed by atoms with van der Waals surface area (Å²) in [5.74, 6) is -0.731. The second kappa shape index (κ2) is 8.86. The lowest BCUT2D eigenvalue weighted by molar-refractivity contribution is -0.125. The van der Waals surface area contributed by atoms with E-state index in [0.717, 1.165) is 12.8 Å². The number of rotatable bonds is 7. The number of ether oxygens (including phenoxy) is 2. The summed E-state index contributed by atoms with van der Waals surface area (Å²) in [6.45, 7) is 3.60. The summed E-state index contributed by atoms with van der Waals surface area (Å²) >= 11 is 11.9. The fraction of sp³-hybridized carbons (Fsp3) is 0.467. The first-order valence-electron chi connectivity index (χ1n) is 6.92. The minimum Gasteiger partial charge on any atom is -0.494 e. The second-order valence-corrected chi connectivity index (χ2v) is 5.44. The zero-order valence-electron chi connectivity index (χ0n) is 12.7. The Hall–Kier alpha value is -1.46. The van der Waals surface area contributed by atoms with E-state index >= 15 is 0 Å². The first-order chi connectivity index (χ1) is 10.4. The van der Waals surface area contributed by atoms with Crippen LogP contribution in [-0.4, -0.2) is 31.6 Å². The quantitative estimate of drug-likeness (QED) is 0.767. The summed E-state index contributed by atoms with van der Waals surface area (Å²) in [4.78, 5) is 23.6. The van der Waals surface area contributed by atoms with Crippen molar-refractivity contribution in [3.63, 3.8) is 0 Å². The van der Waals surface area contributed by atoms with Crippen molar-refractivity contribution in [2.24, 2.45) is 0 Å². The molecule has 1 aromatic carbocycles. The number of carbonyl (C=O) groups excluding carboxylic acids is 2. The number of benzene rings is 1. The molecule has 0 fully saturated rings. The van der Waals surface area contributed by atoms with Gasteiger partial charge in [0.2, 0.25) is 0 Å². The molecular formula is C15H19Cl2NO4. The van der Waals surface area contributed by atoms with Gasteiger partial charge >= 0.3 is 5.97 Å². The predicted octanol–water partition coefficient (Wildman–Crippen LogP) is 3.46. The van der Waals surface area contributed by atoms with Gasteiger partial charge in [0.15, 0.2) is 12.4 Å². The predicted molar refractivity (Wildman–Crippen MR) is 85.8 cm³/mol. The van der Waals surface area contributed by atoms with Crippen molar-refractivity contribution < 1.29 is 19.1 Å². The molecule has 1 amide bonds. The molecule has 0 heterocycles. The zero-order chi connectivity index (χ0) is 16.7. The number of hydrogen-bond acceptors (Lipinski definition) is 4. The zero-order valence-corrected chi connectivity index (χ0v) is 14.3. The number of hydrogen-bond donors (Lipinski definition) is 1. The summed E-state index contributed by atoms with van der Waals surface area (Å²) in [7, 11) is 1.42. The van der Waals surface area contributed by atoms with Gasteiger partial charge in [0, 0.05) is 6.04 Å². The topological polar surface area (TPSA) is 64.6 Å². The summed E-state index contributed by atoms with van der Waals surface area (Å²) in [5, 5.41) is 3.17. The van der Waals surface area contributed by atoms with Gasteiger partial charge in [-0.2, -0.15) is 0 Å². The second-order valence-electron chi connectivity index (χ2n) is 4.63. The highest BCUT2D eigenvalue weighted by Crippen LogP contribution is 2.33. The first-order valence-corrected chi connectivity index (χ1v) is 7.67. The van der Waals surface area contributed by atoms with E-state index in [1.54, 1.807) is 0 Å². The van der Waals surface area contributed by atoms with E-state index in [-0.39, 0.29) is 39.9 Å². The van der Waals surface area contributed by atoms with Crippen LogP contribution in [-0.2, 0) is 9.53 Å². The third kappa shape index (κ3) is 5.07. The molecule has 5 nitrogen and oxygen atoms in total. The van der Waals surface area contributed by atoms with Crippen LogP contribution in [0.5, 0.6) is 5.75 Å². The average molecular weight is 348 g/mol. The van der Waals surface area contributed by atoms with E-state index in [0.29, 0.717) is 0 Å². The Bertz CT molecular complexity index is 521. The molecule has 0 bridgehead atoms. The average Bonchev–Trinajstić information content (AvgIpc) is 2.49. The van der Waals surface area contributed by atoms with Crippen LogP contribution in [0.2, 0.25) is 10.0 Å². The molecule has 0 aromatic heterocycles. The van der Waals surface area contributed by atoms with Crippen molar-refractivity contribution in [3.05, 3.63) is 27.7 Å². The smallest absolute Gasteiger partial charge is 0.338 e. The van der Waals surface area contributed by atoms with E-state index < -0.39 is 5.97 Å². The Labute approximate surface area is 139 Å². The molecule has 0 spiro atoms. The number of methoxy groups -OCH3 is 1. The summed E-state index contributed by atoms with van der Waals surface area (Å²) in [6.07, 6.45) is 1.64. The van der Waals surface area contributed by atoms with Crippen molar-refractivity contribution in [2.75, 3.05) is 13.7 Å². The monoisotopic (exact) mass is 347 g/mol. The highest BCUT2D eigenvalue weighted by Gasteiger charge is 2.16. The molecule has 0 radical (unpaired) electrons. The van der Waals surface area contributed by atoms with E-state index in [1.807, 2.05) is 13.8 Å². The number of amides is 1. The molecule has 0 unspecified atom stereocenters. The number of halogens is 2. The third-order valence-electron chi connectivity index (χ3n) is 3.12. The molecule has 7 heteroatoms. The van der Waals surface area contributed by atoms with Crippen molar-refractivity contribution in [3.8, 4) is 5.75 Å². The fourth-order valence-electron chi connectivity index (χ4n) is 1.85. The SMILES string of the molecule is CCC(CC)NC(=O)COC(=O)c1cc(Cl)c(OC)c(Cl)c1. The standard InChI is InChI=1S/C15H19Cl2NO4/c1-4-10(5-2)18-13(19)8-22-15(20)9-6-11(16)14(21-3)12(17)7-9/h6-7,10H,4-5,8H2,1-3H3,(H,18,19). The fourth-order valence-corrected chi connectivity index (χ4v) is 2.49. The Balaban J connectivity index is 2.65. The van der Waals surface area contributed by atoms with E-state index in [4.69, 9.17) is 32.7 Å². The largest absolute Gasteiger partial charge is 0.494 e. The Kier molecular flexibility index (Phi) is 7.48. The molecule has 1 N–H and O–H groups in total. The molecular weight excluding hydrogens is 329 g/mol. The highest BCUT2D eigenvalue weighted by molar-refractivity contribution is 6.37. The van der Waals surface area contributed by atoms with Gasteiger partial charge in [0.1, 0.15) is 0 Å². The Morgan fingerprint density at radius 1 is 1.18 bits per heavy atom. The van der Waals surface area contributed by atoms with Gasteiger partial charge in [-0.25, -0.2) is 4.79 Å². The van der Waals surface area contributed by atoms with Crippen LogP contribution in [0.3, 0.4) is 0 Å². The maximum Gasteiger partial charge on any atom is 0.338 e.